The molecule has 4 aromatic rings. The number of halogens is 1. The molecular formula is C37H42BrN9O3. The van der Waals surface area contributed by atoms with Gasteiger partial charge in [0.15, 0.2) is 5.78 Å². The van der Waals surface area contributed by atoms with Crippen LogP contribution >= 0.6 is 15.9 Å². The van der Waals surface area contributed by atoms with Crippen molar-refractivity contribution in [3.63, 3.8) is 0 Å². The van der Waals surface area contributed by atoms with Gasteiger partial charge in [-0.15, -0.1) is 0 Å². The van der Waals surface area contributed by atoms with Crippen LogP contribution in [0.4, 0.5) is 5.82 Å². The summed E-state index contributed by atoms with van der Waals surface area (Å²) in [5.74, 6) is 0.766. The topological polar surface area (TPSA) is 148 Å². The summed E-state index contributed by atoms with van der Waals surface area (Å²) in [4.78, 5) is 60.8. The summed E-state index contributed by atoms with van der Waals surface area (Å²) in [6, 6.07) is 4.72. The molecule has 0 bridgehead atoms. The van der Waals surface area contributed by atoms with Crippen molar-refractivity contribution in [3.05, 3.63) is 58.5 Å². The van der Waals surface area contributed by atoms with E-state index in [1.165, 1.54) is 37.3 Å². The molecule has 2 amide bonds. The largest absolute Gasteiger partial charge is 0.343 e. The number of aryl methyl sites for hydroxylation is 2. The Hall–Kier alpha value is -4.10. The van der Waals surface area contributed by atoms with Crippen LogP contribution in [0.5, 0.6) is 0 Å². The summed E-state index contributed by atoms with van der Waals surface area (Å²) in [6.07, 6.45) is 12.0. The van der Waals surface area contributed by atoms with Crippen molar-refractivity contribution in [1.82, 2.24) is 39.9 Å². The number of aromatic nitrogens is 6. The van der Waals surface area contributed by atoms with Gasteiger partial charge in [-0.25, -0.2) is 15.0 Å². The van der Waals surface area contributed by atoms with Gasteiger partial charge < -0.3 is 15.5 Å². The van der Waals surface area contributed by atoms with Crippen molar-refractivity contribution < 1.29 is 14.4 Å². The van der Waals surface area contributed by atoms with E-state index in [2.05, 4.69) is 63.4 Å². The van der Waals surface area contributed by atoms with Crippen molar-refractivity contribution in [2.75, 3.05) is 25.0 Å². The van der Waals surface area contributed by atoms with Gasteiger partial charge in [0.1, 0.15) is 34.5 Å². The molecule has 4 aliphatic rings. The molecule has 1 aliphatic heterocycles. The SMILES string of the molecule is CC(=O)c1nn(CC(=O)N[C@@H](C[C@@]2(CN3CC4(CCCC4)C3)[C@H]3C[C@]32C)C(=O)Nc2nc(Br)ccc2C)c2cnc(-c3cnc(C)nc3)cc12. The molecule has 3 saturated carbocycles. The Morgan fingerprint density at radius 3 is 2.44 bits per heavy atom. The summed E-state index contributed by atoms with van der Waals surface area (Å²) >= 11 is 3.42. The molecule has 0 unspecified atom stereocenters. The van der Waals surface area contributed by atoms with Gasteiger partial charge in [0.25, 0.3) is 0 Å². The van der Waals surface area contributed by atoms with Gasteiger partial charge in [0, 0.05) is 49.9 Å². The van der Waals surface area contributed by atoms with Gasteiger partial charge in [-0.3, -0.25) is 24.0 Å². The fourth-order valence-electron chi connectivity index (χ4n) is 9.09. The lowest BCUT2D eigenvalue weighted by molar-refractivity contribution is -0.127. The number of nitrogens with zero attached hydrogens (tertiary/aromatic N) is 7. The number of carbonyl (C=O) groups is 3. The van der Waals surface area contributed by atoms with Gasteiger partial charge in [0.2, 0.25) is 11.8 Å². The van der Waals surface area contributed by atoms with Gasteiger partial charge in [0.05, 0.1) is 17.4 Å². The highest BCUT2D eigenvalue weighted by Crippen LogP contribution is 2.89. The van der Waals surface area contributed by atoms with Gasteiger partial charge in [-0.2, -0.15) is 5.10 Å². The Bertz CT molecular complexity index is 2030. The Kier molecular flexibility index (Phi) is 7.94. The van der Waals surface area contributed by atoms with Crippen LogP contribution in [0.25, 0.3) is 22.2 Å². The van der Waals surface area contributed by atoms with E-state index < -0.39 is 6.04 Å². The standard InChI is InChI=1S/C37H42BrN9O3/c1-21-7-8-30(38)43-33(21)44-34(50)27(12-37(29-13-35(29,37)4)20-46-18-36(19-46)9-5-6-10-36)42-31(49)17-47-28-16-41-26(24-14-39-23(3)40-15-24)11-25(28)32(45-47)22(2)48/h7-8,11,14-16,27,29H,5-6,9-10,12-13,17-20H2,1-4H3,(H,42,49)(H,43,44,50)/t27-,29-,35+,37+/m0/s1. The summed E-state index contributed by atoms with van der Waals surface area (Å²) in [5.41, 5.74) is 3.58. The quantitative estimate of drug-likeness (QED) is 0.155. The predicted octanol–water partition coefficient (Wildman–Crippen LogP) is 5.28. The number of amides is 2. The third kappa shape index (κ3) is 5.71. The van der Waals surface area contributed by atoms with E-state index in [0.717, 1.165) is 31.6 Å². The second-order valence-corrected chi connectivity index (χ2v) is 16.3. The lowest BCUT2D eigenvalue weighted by atomic mass is 9.75. The third-order valence-corrected chi connectivity index (χ3v) is 12.6. The Balaban J connectivity index is 1.04. The molecule has 4 fully saturated rings. The molecule has 13 heteroatoms. The van der Waals surface area contributed by atoms with Crippen LogP contribution in [0.2, 0.25) is 0 Å². The number of pyridine rings is 2. The van der Waals surface area contributed by atoms with Crippen LogP contribution in [0.3, 0.4) is 0 Å². The molecule has 12 nitrogen and oxygen atoms in total. The molecule has 3 aliphatic carbocycles. The van der Waals surface area contributed by atoms with Crippen molar-refractivity contribution >= 4 is 50.2 Å². The Morgan fingerprint density at radius 1 is 1.06 bits per heavy atom. The zero-order chi connectivity index (χ0) is 35.0. The minimum atomic E-state index is -0.783. The fourth-order valence-corrected chi connectivity index (χ4v) is 9.40. The number of likely N-dealkylation sites (tertiary alicyclic amines) is 1. The van der Waals surface area contributed by atoms with Gasteiger partial charge in [-0.1, -0.05) is 25.8 Å². The van der Waals surface area contributed by atoms with Crippen LogP contribution in [0.15, 0.2) is 41.4 Å². The number of carbonyl (C=O) groups excluding carboxylic acids is 3. The average molecular weight is 741 g/mol. The first-order valence-electron chi connectivity index (χ1n) is 17.5. The Morgan fingerprint density at radius 2 is 1.78 bits per heavy atom. The highest BCUT2D eigenvalue weighted by molar-refractivity contribution is 9.10. The number of hydrogen-bond donors (Lipinski definition) is 2. The summed E-state index contributed by atoms with van der Waals surface area (Å²) in [7, 11) is 0. The van der Waals surface area contributed by atoms with Crippen LogP contribution in [0.1, 0.15) is 74.2 Å². The lowest BCUT2D eigenvalue weighted by Crippen LogP contribution is -2.58. The molecule has 1 saturated heterocycles. The van der Waals surface area contributed by atoms with E-state index in [4.69, 9.17) is 0 Å². The monoisotopic (exact) mass is 739 g/mol. The van der Waals surface area contributed by atoms with Crippen molar-refractivity contribution in [2.24, 2.45) is 22.2 Å². The zero-order valence-corrected chi connectivity index (χ0v) is 30.5. The number of nitrogens with one attached hydrogen (secondary N) is 2. The average Bonchev–Trinajstić information content (AvgIpc) is 3.64. The molecule has 8 rings (SSSR count). The number of rotatable bonds is 11. The molecule has 4 aromatic heterocycles. The molecular weight excluding hydrogens is 698 g/mol. The maximum absolute atomic E-state index is 14.1. The predicted molar refractivity (Wildman–Crippen MR) is 191 cm³/mol. The summed E-state index contributed by atoms with van der Waals surface area (Å²) in [5, 5.41) is 11.2. The first kappa shape index (κ1) is 33.1. The number of hydrogen-bond acceptors (Lipinski definition) is 9. The van der Waals surface area contributed by atoms with E-state index in [-0.39, 0.29) is 40.7 Å². The fraction of sp³-hybridized carbons (Fsp3) is 0.514. The van der Waals surface area contributed by atoms with Gasteiger partial charge in [-0.05, 0) is 95.3 Å². The van der Waals surface area contributed by atoms with Crippen molar-refractivity contribution in [3.8, 4) is 11.3 Å². The van der Waals surface area contributed by atoms with E-state index in [1.54, 1.807) is 31.6 Å². The minimum absolute atomic E-state index is 0.0253. The third-order valence-electron chi connectivity index (χ3n) is 12.1. The molecule has 50 heavy (non-hydrogen) atoms. The Labute approximate surface area is 299 Å². The highest BCUT2D eigenvalue weighted by atomic mass is 79.9. The van der Waals surface area contributed by atoms with E-state index in [0.29, 0.717) is 56.2 Å². The highest BCUT2D eigenvalue weighted by Gasteiger charge is 2.85. The van der Waals surface area contributed by atoms with Crippen LogP contribution < -0.4 is 10.6 Å². The lowest BCUT2D eigenvalue weighted by Gasteiger charge is -2.51. The number of ketones is 1. The normalized spacial score (nSPS) is 25.2. The molecule has 5 heterocycles. The number of anilines is 1. The van der Waals surface area contributed by atoms with Crippen molar-refractivity contribution in [1.29, 1.82) is 0 Å². The van der Waals surface area contributed by atoms with E-state index in [1.807, 2.05) is 19.1 Å². The molecule has 0 aromatic carbocycles. The number of fused-ring (bicyclic) bond motifs is 2. The van der Waals surface area contributed by atoms with Crippen LogP contribution in [-0.2, 0) is 16.1 Å². The zero-order valence-electron chi connectivity index (χ0n) is 28.9. The van der Waals surface area contributed by atoms with Crippen molar-refractivity contribution in [2.45, 2.75) is 78.8 Å². The molecule has 4 atom stereocenters. The maximum Gasteiger partial charge on any atom is 0.248 e. The first-order valence-corrected chi connectivity index (χ1v) is 18.3. The van der Waals surface area contributed by atoms with Crippen LogP contribution in [0, 0.1) is 36.0 Å². The second kappa shape index (κ2) is 12.0. The smallest absolute Gasteiger partial charge is 0.248 e. The maximum atomic E-state index is 14.1. The molecule has 260 valence electrons. The minimum Gasteiger partial charge on any atom is -0.343 e. The summed E-state index contributed by atoms with van der Waals surface area (Å²) in [6.45, 7) is 10.5. The van der Waals surface area contributed by atoms with E-state index >= 15 is 0 Å². The number of Topliss-reactive ketones (excluding diaryl/α,β-unsaturated/α-hetero) is 1. The summed E-state index contributed by atoms with van der Waals surface area (Å²) < 4.78 is 2.11. The molecule has 2 N–H and O–H groups in total. The molecule has 0 radical (unpaired) electrons. The van der Waals surface area contributed by atoms with Crippen LogP contribution in [-0.4, -0.2) is 77.9 Å². The van der Waals surface area contributed by atoms with Gasteiger partial charge >= 0.3 is 0 Å². The second-order valence-electron chi connectivity index (χ2n) is 15.5. The molecule has 1 spiro atoms. The first-order chi connectivity index (χ1) is 23.9. The van der Waals surface area contributed by atoms with E-state index in [9.17, 15) is 14.4 Å².